The molecular formula is C15H33N3O. The van der Waals surface area contributed by atoms with Crippen molar-refractivity contribution in [1.82, 2.24) is 15.1 Å². The van der Waals surface area contributed by atoms with Gasteiger partial charge in [0.05, 0.1) is 6.61 Å². The molecule has 1 saturated heterocycles. The van der Waals surface area contributed by atoms with Crippen LogP contribution in [0.3, 0.4) is 0 Å². The molecule has 0 aliphatic carbocycles. The molecule has 114 valence electrons. The van der Waals surface area contributed by atoms with Gasteiger partial charge in [-0.25, -0.2) is 0 Å². The first-order valence-electron chi connectivity index (χ1n) is 7.67. The van der Waals surface area contributed by atoms with Gasteiger partial charge in [0, 0.05) is 30.7 Å². The summed E-state index contributed by atoms with van der Waals surface area (Å²) in [5.41, 5.74) is -0.175. The first-order valence-corrected chi connectivity index (χ1v) is 7.67. The smallest absolute Gasteiger partial charge is 0.0611 e. The highest BCUT2D eigenvalue weighted by atomic mass is 16.3. The van der Waals surface area contributed by atoms with Gasteiger partial charge in [0.25, 0.3) is 0 Å². The third-order valence-corrected chi connectivity index (χ3v) is 4.11. The summed E-state index contributed by atoms with van der Waals surface area (Å²) in [4.78, 5) is 4.98. The van der Waals surface area contributed by atoms with Gasteiger partial charge in [-0.3, -0.25) is 4.90 Å². The van der Waals surface area contributed by atoms with Crippen LogP contribution in [0.25, 0.3) is 0 Å². The summed E-state index contributed by atoms with van der Waals surface area (Å²) < 4.78 is 0. The molecule has 1 rings (SSSR count). The quantitative estimate of drug-likeness (QED) is 0.760. The summed E-state index contributed by atoms with van der Waals surface area (Å²) in [5.74, 6) is 0. The average molecular weight is 271 g/mol. The average Bonchev–Trinajstić information content (AvgIpc) is 2.53. The third kappa shape index (κ3) is 5.78. The molecular weight excluding hydrogens is 238 g/mol. The van der Waals surface area contributed by atoms with Crippen LogP contribution in [0.4, 0.5) is 0 Å². The van der Waals surface area contributed by atoms with Gasteiger partial charge in [-0.1, -0.05) is 13.8 Å². The van der Waals surface area contributed by atoms with Crippen molar-refractivity contribution in [3.8, 4) is 0 Å². The predicted molar refractivity (Wildman–Crippen MR) is 81.5 cm³/mol. The second-order valence-electron chi connectivity index (χ2n) is 6.76. The van der Waals surface area contributed by atoms with Gasteiger partial charge in [0.15, 0.2) is 0 Å². The fourth-order valence-electron chi connectivity index (χ4n) is 3.15. The highest BCUT2D eigenvalue weighted by molar-refractivity contribution is 4.89. The molecule has 2 N–H and O–H groups in total. The van der Waals surface area contributed by atoms with Crippen molar-refractivity contribution < 1.29 is 5.11 Å². The Labute approximate surface area is 119 Å². The Hall–Kier alpha value is -0.160. The molecule has 0 radical (unpaired) electrons. The maximum Gasteiger partial charge on any atom is 0.0611 e. The number of aliphatic hydroxyl groups excluding tert-OH is 1. The zero-order valence-corrected chi connectivity index (χ0v) is 13.4. The van der Waals surface area contributed by atoms with E-state index in [4.69, 9.17) is 0 Å². The zero-order chi connectivity index (χ0) is 14.5. The minimum absolute atomic E-state index is 0.175. The Morgan fingerprint density at radius 2 is 1.84 bits per heavy atom. The number of hydrogen-bond donors (Lipinski definition) is 2. The summed E-state index contributed by atoms with van der Waals surface area (Å²) in [6.07, 6.45) is 2.24. The van der Waals surface area contributed by atoms with E-state index in [0.29, 0.717) is 12.1 Å². The molecule has 1 aliphatic rings. The second-order valence-corrected chi connectivity index (χ2v) is 6.76. The predicted octanol–water partition coefficient (Wildman–Crippen LogP) is 1.15. The van der Waals surface area contributed by atoms with Gasteiger partial charge in [-0.15, -0.1) is 0 Å². The molecule has 0 bridgehead atoms. The van der Waals surface area contributed by atoms with Crippen molar-refractivity contribution in [3.63, 3.8) is 0 Å². The molecule has 0 amide bonds. The van der Waals surface area contributed by atoms with Crippen LogP contribution in [0, 0.1) is 0 Å². The molecule has 0 aromatic heterocycles. The summed E-state index contributed by atoms with van der Waals surface area (Å²) >= 11 is 0. The molecule has 1 heterocycles. The summed E-state index contributed by atoms with van der Waals surface area (Å²) in [7, 11) is 2.20. The van der Waals surface area contributed by atoms with Crippen LogP contribution in [-0.4, -0.2) is 72.4 Å². The number of nitrogens with one attached hydrogen (secondary N) is 1. The van der Waals surface area contributed by atoms with Gasteiger partial charge < -0.3 is 15.3 Å². The van der Waals surface area contributed by atoms with Crippen LogP contribution in [0.15, 0.2) is 0 Å². The highest BCUT2D eigenvalue weighted by Gasteiger charge is 2.29. The fraction of sp³-hybridized carbons (Fsp3) is 1.00. The van der Waals surface area contributed by atoms with E-state index in [9.17, 15) is 5.11 Å². The maximum atomic E-state index is 9.69. The first kappa shape index (κ1) is 16.9. The van der Waals surface area contributed by atoms with Crippen LogP contribution in [0.1, 0.15) is 40.5 Å². The van der Waals surface area contributed by atoms with Gasteiger partial charge in [-0.2, -0.15) is 0 Å². The molecule has 4 nitrogen and oxygen atoms in total. The van der Waals surface area contributed by atoms with Crippen molar-refractivity contribution in [3.05, 3.63) is 0 Å². The van der Waals surface area contributed by atoms with Crippen LogP contribution >= 0.6 is 0 Å². The monoisotopic (exact) mass is 271 g/mol. The molecule has 1 fully saturated rings. The minimum atomic E-state index is -0.175. The van der Waals surface area contributed by atoms with Crippen LogP contribution in [0.5, 0.6) is 0 Å². The molecule has 0 aromatic rings. The van der Waals surface area contributed by atoms with E-state index in [1.165, 1.54) is 19.5 Å². The van der Waals surface area contributed by atoms with E-state index >= 15 is 0 Å². The lowest BCUT2D eigenvalue weighted by atomic mass is 9.92. The molecule has 0 aromatic carbocycles. The number of nitrogens with zero attached hydrogens (tertiary/aromatic N) is 2. The van der Waals surface area contributed by atoms with E-state index in [1.54, 1.807) is 0 Å². The first-order chi connectivity index (χ1) is 8.86. The lowest BCUT2D eigenvalue weighted by Crippen LogP contribution is -2.53. The standard InChI is InChI=1S/C15H33N3O/c1-13(2)16-15(4,12-19)11-14(3)18-8-6-7-17(5)9-10-18/h13-14,16,19H,6-12H2,1-5H3. The van der Waals surface area contributed by atoms with Crippen molar-refractivity contribution in [2.45, 2.75) is 58.2 Å². The van der Waals surface area contributed by atoms with Crippen molar-refractivity contribution >= 4 is 0 Å². The molecule has 4 heteroatoms. The number of likely N-dealkylation sites (N-methyl/N-ethyl adjacent to an activating group) is 1. The van der Waals surface area contributed by atoms with Crippen molar-refractivity contribution in [2.24, 2.45) is 0 Å². The molecule has 2 atom stereocenters. The molecule has 19 heavy (non-hydrogen) atoms. The summed E-state index contributed by atoms with van der Waals surface area (Å²) in [6, 6.07) is 0.912. The number of rotatable bonds is 6. The van der Waals surface area contributed by atoms with E-state index in [1.807, 2.05) is 0 Å². The van der Waals surface area contributed by atoms with Gasteiger partial charge in [-0.05, 0) is 46.8 Å². The highest BCUT2D eigenvalue weighted by Crippen LogP contribution is 2.18. The topological polar surface area (TPSA) is 38.7 Å². The second kappa shape index (κ2) is 7.58. The Morgan fingerprint density at radius 1 is 1.16 bits per heavy atom. The maximum absolute atomic E-state index is 9.69. The van der Waals surface area contributed by atoms with E-state index in [-0.39, 0.29) is 12.1 Å². The Kier molecular flexibility index (Phi) is 6.74. The zero-order valence-electron chi connectivity index (χ0n) is 13.4. The summed E-state index contributed by atoms with van der Waals surface area (Å²) in [6.45, 7) is 13.6. The molecule has 0 spiro atoms. The number of hydrogen-bond acceptors (Lipinski definition) is 4. The third-order valence-electron chi connectivity index (χ3n) is 4.11. The van der Waals surface area contributed by atoms with E-state index in [0.717, 1.165) is 19.5 Å². The number of aliphatic hydroxyl groups is 1. The largest absolute Gasteiger partial charge is 0.394 e. The van der Waals surface area contributed by atoms with Gasteiger partial charge in [0.2, 0.25) is 0 Å². The summed E-state index contributed by atoms with van der Waals surface area (Å²) in [5, 5.41) is 13.2. The lowest BCUT2D eigenvalue weighted by Gasteiger charge is -2.37. The Morgan fingerprint density at radius 3 is 2.42 bits per heavy atom. The molecule has 2 unspecified atom stereocenters. The fourth-order valence-corrected chi connectivity index (χ4v) is 3.15. The normalized spacial score (nSPS) is 24.2. The van der Waals surface area contributed by atoms with Crippen LogP contribution < -0.4 is 5.32 Å². The van der Waals surface area contributed by atoms with Crippen molar-refractivity contribution in [1.29, 1.82) is 0 Å². The Balaban J connectivity index is 2.53. The van der Waals surface area contributed by atoms with E-state index < -0.39 is 0 Å². The minimum Gasteiger partial charge on any atom is -0.394 e. The SMILES string of the molecule is CC(C)NC(C)(CO)CC(C)N1CCCN(C)CC1. The molecule has 1 aliphatic heterocycles. The van der Waals surface area contributed by atoms with Gasteiger partial charge in [0.1, 0.15) is 0 Å². The van der Waals surface area contributed by atoms with Crippen molar-refractivity contribution in [2.75, 3.05) is 39.8 Å². The van der Waals surface area contributed by atoms with E-state index in [2.05, 4.69) is 49.9 Å². The van der Waals surface area contributed by atoms with Crippen LogP contribution in [0.2, 0.25) is 0 Å². The molecule has 0 saturated carbocycles. The lowest BCUT2D eigenvalue weighted by molar-refractivity contribution is 0.110. The van der Waals surface area contributed by atoms with Gasteiger partial charge >= 0.3 is 0 Å². The Bertz CT molecular complexity index is 260. The van der Waals surface area contributed by atoms with Crippen LogP contribution in [-0.2, 0) is 0 Å².